The van der Waals surface area contributed by atoms with Gasteiger partial charge in [-0.25, -0.2) is 9.67 Å². The fourth-order valence-electron chi connectivity index (χ4n) is 4.22. The van der Waals surface area contributed by atoms with Gasteiger partial charge in [0.05, 0.1) is 28.8 Å². The number of carbonyl (C=O) groups is 3. The third kappa shape index (κ3) is 4.17. The average molecular weight is 435 g/mol. The van der Waals surface area contributed by atoms with Crippen molar-refractivity contribution in [3.05, 3.63) is 36.4 Å². The van der Waals surface area contributed by atoms with Crippen LogP contribution in [0.25, 0.3) is 5.69 Å². The zero-order valence-electron chi connectivity index (χ0n) is 16.4. The first-order valence-electron chi connectivity index (χ1n) is 9.97. The van der Waals surface area contributed by atoms with Crippen molar-refractivity contribution in [1.82, 2.24) is 19.7 Å². The summed E-state index contributed by atoms with van der Waals surface area (Å²) in [5.74, 6) is -1.76. The Morgan fingerprint density at radius 1 is 1.13 bits per heavy atom. The number of nitrogens with zero attached hydrogens (tertiary/aromatic N) is 4. The van der Waals surface area contributed by atoms with E-state index in [1.54, 1.807) is 0 Å². The molecule has 0 unspecified atom stereocenters. The molecule has 3 amide bonds. The molecule has 4 rings (SSSR count). The zero-order chi connectivity index (χ0) is 22.2. The van der Waals surface area contributed by atoms with Gasteiger partial charge in [-0.2, -0.15) is 18.3 Å². The van der Waals surface area contributed by atoms with E-state index in [0.29, 0.717) is 12.8 Å². The Bertz CT molecular complexity index is 982. The second-order valence-corrected chi connectivity index (χ2v) is 7.69. The molecule has 1 aliphatic carbocycles. The maximum absolute atomic E-state index is 13.1. The fraction of sp³-hybridized carbons (Fsp3) is 0.450. The third-order valence-electron chi connectivity index (χ3n) is 5.76. The Morgan fingerprint density at radius 3 is 2.39 bits per heavy atom. The molecule has 31 heavy (non-hydrogen) atoms. The summed E-state index contributed by atoms with van der Waals surface area (Å²) < 4.78 is 40.6. The minimum absolute atomic E-state index is 0.0990. The van der Waals surface area contributed by atoms with Crippen molar-refractivity contribution in [3.8, 4) is 5.69 Å². The van der Waals surface area contributed by atoms with Crippen molar-refractivity contribution < 1.29 is 27.6 Å². The number of likely N-dealkylation sites (tertiary alicyclic amines) is 1. The van der Waals surface area contributed by atoms with Crippen LogP contribution in [0.2, 0.25) is 0 Å². The molecule has 1 saturated heterocycles. The van der Waals surface area contributed by atoms with Crippen LogP contribution in [0.3, 0.4) is 0 Å². The Morgan fingerprint density at radius 2 is 1.81 bits per heavy atom. The summed E-state index contributed by atoms with van der Waals surface area (Å²) in [6.45, 7) is -0.103. The highest BCUT2D eigenvalue weighted by atomic mass is 19.4. The number of hydrogen-bond donors (Lipinski definition) is 1. The molecule has 8 nitrogen and oxygen atoms in total. The van der Waals surface area contributed by atoms with Crippen LogP contribution < -0.4 is 5.32 Å². The number of rotatable bonds is 5. The van der Waals surface area contributed by atoms with Crippen LogP contribution >= 0.6 is 0 Å². The number of alkyl halides is 3. The van der Waals surface area contributed by atoms with Crippen molar-refractivity contribution >= 4 is 23.4 Å². The van der Waals surface area contributed by atoms with Crippen molar-refractivity contribution in [2.45, 2.75) is 38.3 Å². The maximum Gasteiger partial charge on any atom is 0.416 e. The van der Waals surface area contributed by atoms with Crippen molar-refractivity contribution in [3.63, 3.8) is 0 Å². The first kappa shape index (κ1) is 21.0. The molecule has 164 valence electrons. The molecule has 0 radical (unpaired) electrons. The molecule has 2 atom stereocenters. The van der Waals surface area contributed by atoms with E-state index >= 15 is 0 Å². The lowest BCUT2D eigenvalue weighted by Crippen LogP contribution is -2.34. The van der Waals surface area contributed by atoms with E-state index in [2.05, 4.69) is 15.4 Å². The second-order valence-electron chi connectivity index (χ2n) is 7.69. The van der Waals surface area contributed by atoms with Crippen LogP contribution in [0.15, 0.2) is 30.9 Å². The summed E-state index contributed by atoms with van der Waals surface area (Å²) in [7, 11) is 0. The number of nitrogens with one attached hydrogen (secondary N) is 1. The fourth-order valence-corrected chi connectivity index (χ4v) is 4.22. The van der Waals surface area contributed by atoms with Gasteiger partial charge in [0.15, 0.2) is 0 Å². The van der Waals surface area contributed by atoms with Gasteiger partial charge in [-0.05, 0) is 31.0 Å². The molecule has 1 aromatic carbocycles. The molecular weight excluding hydrogens is 415 g/mol. The van der Waals surface area contributed by atoms with E-state index in [-0.39, 0.29) is 48.0 Å². The monoisotopic (exact) mass is 435 g/mol. The third-order valence-corrected chi connectivity index (χ3v) is 5.76. The standard InChI is InChI=1S/C20H20F3N5O3/c21-20(22,23)12-5-6-16(28-11-24-10-25-28)15(9-12)26-17(29)7-8-27-18(30)13-3-1-2-4-14(13)19(27)31/h5-6,9-11,13-14H,1-4,7-8H2,(H,26,29)/t13-,14-/m0/s1. The minimum atomic E-state index is -4.59. The molecule has 2 heterocycles. The smallest absolute Gasteiger partial charge is 0.324 e. The molecular formula is C20H20F3N5O3. The van der Waals surface area contributed by atoms with Gasteiger partial charge < -0.3 is 5.32 Å². The zero-order valence-corrected chi connectivity index (χ0v) is 16.4. The minimum Gasteiger partial charge on any atom is -0.324 e. The lowest BCUT2D eigenvalue weighted by molar-refractivity contribution is -0.140. The van der Waals surface area contributed by atoms with Crippen molar-refractivity contribution in [1.29, 1.82) is 0 Å². The summed E-state index contributed by atoms with van der Waals surface area (Å²) >= 11 is 0. The molecule has 2 fully saturated rings. The Kier molecular flexibility index (Phi) is 5.50. The lowest BCUT2D eigenvalue weighted by atomic mass is 9.81. The van der Waals surface area contributed by atoms with Crippen molar-refractivity contribution in [2.75, 3.05) is 11.9 Å². The van der Waals surface area contributed by atoms with Gasteiger partial charge in [-0.15, -0.1) is 0 Å². The van der Waals surface area contributed by atoms with E-state index in [0.717, 1.165) is 29.9 Å². The van der Waals surface area contributed by atoms with E-state index in [1.165, 1.54) is 23.4 Å². The highest BCUT2D eigenvalue weighted by Gasteiger charge is 2.47. The molecule has 1 N–H and O–H groups in total. The van der Waals surface area contributed by atoms with E-state index in [4.69, 9.17) is 0 Å². The number of amides is 3. The van der Waals surface area contributed by atoms with Crippen LogP contribution in [0, 0.1) is 11.8 Å². The van der Waals surface area contributed by atoms with Gasteiger partial charge in [0, 0.05) is 13.0 Å². The Hall–Kier alpha value is -3.24. The Labute approximate surface area is 175 Å². The number of halogens is 3. The molecule has 2 aromatic rings. The lowest BCUT2D eigenvalue weighted by Gasteiger charge is -2.19. The first-order chi connectivity index (χ1) is 14.8. The van der Waals surface area contributed by atoms with E-state index in [1.807, 2.05) is 0 Å². The second kappa shape index (κ2) is 8.12. The number of imide groups is 1. The van der Waals surface area contributed by atoms with Crippen LogP contribution in [0.5, 0.6) is 0 Å². The summed E-state index contributed by atoms with van der Waals surface area (Å²) in [4.78, 5) is 42.4. The first-order valence-corrected chi connectivity index (χ1v) is 9.97. The average Bonchev–Trinajstić information content (AvgIpc) is 3.34. The predicted octanol–water partition coefficient (Wildman–Crippen LogP) is 2.79. The molecule has 0 spiro atoms. The van der Waals surface area contributed by atoms with Crippen molar-refractivity contribution in [2.24, 2.45) is 11.8 Å². The van der Waals surface area contributed by atoms with Gasteiger partial charge >= 0.3 is 6.18 Å². The number of anilines is 1. The van der Waals surface area contributed by atoms with Gasteiger partial charge in [-0.3, -0.25) is 19.3 Å². The van der Waals surface area contributed by atoms with Crippen LogP contribution in [-0.2, 0) is 20.6 Å². The summed E-state index contributed by atoms with van der Waals surface area (Å²) in [6.07, 6.45) is 0.834. The number of benzene rings is 1. The normalized spacial score (nSPS) is 21.3. The quantitative estimate of drug-likeness (QED) is 0.729. The Balaban J connectivity index is 1.48. The van der Waals surface area contributed by atoms with E-state index in [9.17, 15) is 27.6 Å². The van der Waals surface area contributed by atoms with Crippen LogP contribution in [0.1, 0.15) is 37.7 Å². The molecule has 11 heteroatoms. The number of aromatic nitrogens is 3. The van der Waals surface area contributed by atoms with Gasteiger partial charge in [-0.1, -0.05) is 12.8 Å². The topological polar surface area (TPSA) is 97.2 Å². The maximum atomic E-state index is 13.1. The van der Waals surface area contributed by atoms with E-state index < -0.39 is 17.6 Å². The highest BCUT2D eigenvalue weighted by Crippen LogP contribution is 2.38. The SMILES string of the molecule is O=C(CCN1C(=O)[C@H]2CCCC[C@@H]2C1=O)Nc1cc(C(F)(F)F)ccc1-n1cncn1. The number of carbonyl (C=O) groups excluding carboxylic acids is 3. The van der Waals surface area contributed by atoms with Gasteiger partial charge in [0.25, 0.3) is 0 Å². The molecule has 1 aromatic heterocycles. The molecule has 1 saturated carbocycles. The molecule has 1 aliphatic heterocycles. The van der Waals surface area contributed by atoms with Crippen LogP contribution in [-0.4, -0.2) is 43.9 Å². The summed E-state index contributed by atoms with van der Waals surface area (Å²) in [6, 6.07) is 2.89. The highest BCUT2D eigenvalue weighted by molar-refractivity contribution is 6.05. The molecule has 0 bridgehead atoms. The summed E-state index contributed by atoms with van der Waals surface area (Å²) in [5.41, 5.74) is -0.822. The largest absolute Gasteiger partial charge is 0.416 e. The number of hydrogen-bond acceptors (Lipinski definition) is 5. The molecule has 2 aliphatic rings. The summed E-state index contributed by atoms with van der Waals surface area (Å²) in [5, 5.41) is 6.34. The van der Waals surface area contributed by atoms with Gasteiger partial charge in [0.1, 0.15) is 12.7 Å². The van der Waals surface area contributed by atoms with Crippen LogP contribution in [0.4, 0.5) is 18.9 Å². The number of fused-ring (bicyclic) bond motifs is 1. The van der Waals surface area contributed by atoms with Gasteiger partial charge in [0.2, 0.25) is 17.7 Å². The predicted molar refractivity (Wildman–Crippen MR) is 102 cm³/mol.